The summed E-state index contributed by atoms with van der Waals surface area (Å²) in [6.45, 7) is 7.83. The Morgan fingerprint density at radius 3 is 2.23 bits per heavy atom. The molecule has 2 fully saturated rings. The van der Waals surface area contributed by atoms with Gasteiger partial charge < -0.3 is 21.3 Å². The first-order valence-corrected chi connectivity index (χ1v) is 16.2. The SMILES string of the molecule is CCC(=O)N[C@@H](C(=O)N[C@@H](C)C1CC1)[C@@H](C)c1ccc(NC(=O)[C@@H](NC(=O)c2ccnn2CC)C2CCCCCC2)c(F)c1. The van der Waals surface area contributed by atoms with E-state index in [9.17, 15) is 19.2 Å². The Morgan fingerprint density at radius 2 is 1.61 bits per heavy atom. The van der Waals surface area contributed by atoms with Crippen molar-refractivity contribution < 1.29 is 23.6 Å². The van der Waals surface area contributed by atoms with Gasteiger partial charge in [0, 0.05) is 31.1 Å². The van der Waals surface area contributed by atoms with Crippen LogP contribution in [0.15, 0.2) is 30.5 Å². The second-order valence-corrected chi connectivity index (χ2v) is 12.3. The van der Waals surface area contributed by atoms with Gasteiger partial charge in [0.1, 0.15) is 23.6 Å². The molecule has 2 aliphatic rings. The van der Waals surface area contributed by atoms with Crippen LogP contribution in [0.4, 0.5) is 10.1 Å². The fraction of sp³-hybridized carbons (Fsp3) is 0.606. The van der Waals surface area contributed by atoms with E-state index in [0.717, 1.165) is 51.4 Å². The predicted molar refractivity (Wildman–Crippen MR) is 166 cm³/mol. The number of hydrogen-bond acceptors (Lipinski definition) is 5. The maximum Gasteiger partial charge on any atom is 0.270 e. The lowest BCUT2D eigenvalue weighted by Gasteiger charge is -2.27. The standard InChI is InChI=1S/C33H47FN6O4/c1-5-28(41)38-29(32(43)36-21(4)22-13-14-22)20(3)24-15-16-26(25(34)19-24)37-33(44)30(23-11-9-7-8-10-12-23)39-31(42)27-17-18-35-40(27)6-2/h15-23,29-30H,5-14H2,1-4H3,(H,36,43)(H,37,44)(H,38,41)(H,39,42)/t20-,21-,29+,30-/m0/s1. The number of anilines is 1. The highest BCUT2D eigenvalue weighted by Crippen LogP contribution is 2.33. The fourth-order valence-corrected chi connectivity index (χ4v) is 6.07. The summed E-state index contributed by atoms with van der Waals surface area (Å²) in [5.74, 6) is -2.28. The minimum atomic E-state index is -0.880. The van der Waals surface area contributed by atoms with E-state index in [-0.39, 0.29) is 35.9 Å². The van der Waals surface area contributed by atoms with E-state index >= 15 is 4.39 Å². The van der Waals surface area contributed by atoms with Gasteiger partial charge in [0.15, 0.2) is 0 Å². The smallest absolute Gasteiger partial charge is 0.270 e. The number of carbonyl (C=O) groups is 4. The molecule has 1 aromatic carbocycles. The number of amides is 4. The maximum absolute atomic E-state index is 15.5. The molecule has 1 aromatic heterocycles. The van der Waals surface area contributed by atoms with Crippen LogP contribution in [0.5, 0.6) is 0 Å². The normalized spacial score (nSPS) is 18.3. The average molecular weight is 611 g/mol. The van der Waals surface area contributed by atoms with Gasteiger partial charge in [0.25, 0.3) is 5.91 Å². The molecule has 240 valence electrons. The minimum absolute atomic E-state index is 0.00511. The molecule has 0 radical (unpaired) electrons. The number of benzene rings is 1. The summed E-state index contributed by atoms with van der Waals surface area (Å²) < 4.78 is 17.1. The molecule has 2 aliphatic carbocycles. The third kappa shape index (κ3) is 8.45. The van der Waals surface area contributed by atoms with Gasteiger partial charge in [0.2, 0.25) is 17.7 Å². The molecule has 10 nitrogen and oxygen atoms in total. The third-order valence-electron chi connectivity index (χ3n) is 9.08. The summed E-state index contributed by atoms with van der Waals surface area (Å²) in [7, 11) is 0. The quantitative estimate of drug-likeness (QED) is 0.245. The first kappa shape index (κ1) is 33.1. The van der Waals surface area contributed by atoms with Crippen molar-refractivity contribution >= 4 is 29.3 Å². The summed E-state index contributed by atoms with van der Waals surface area (Å²) in [5.41, 5.74) is 0.861. The van der Waals surface area contributed by atoms with Crippen LogP contribution in [-0.2, 0) is 20.9 Å². The molecular formula is C33H47FN6O4. The van der Waals surface area contributed by atoms with Crippen molar-refractivity contribution in [1.29, 1.82) is 0 Å². The van der Waals surface area contributed by atoms with Gasteiger partial charge in [0.05, 0.1) is 5.69 Å². The maximum atomic E-state index is 15.5. The second-order valence-electron chi connectivity index (χ2n) is 12.3. The highest BCUT2D eigenvalue weighted by molar-refractivity contribution is 6.00. The third-order valence-corrected chi connectivity index (χ3v) is 9.08. The Labute approximate surface area is 259 Å². The number of aryl methyl sites for hydroxylation is 1. The van der Waals surface area contributed by atoms with E-state index in [1.807, 2.05) is 13.8 Å². The second kappa shape index (κ2) is 15.3. The summed E-state index contributed by atoms with van der Waals surface area (Å²) >= 11 is 0. The van der Waals surface area contributed by atoms with Crippen molar-refractivity contribution in [2.75, 3.05) is 5.32 Å². The molecule has 0 spiro atoms. The van der Waals surface area contributed by atoms with Crippen LogP contribution in [-0.4, -0.2) is 51.5 Å². The van der Waals surface area contributed by atoms with E-state index in [2.05, 4.69) is 26.4 Å². The molecule has 4 N–H and O–H groups in total. The lowest BCUT2D eigenvalue weighted by Crippen LogP contribution is -2.51. The summed E-state index contributed by atoms with van der Waals surface area (Å²) in [5, 5.41) is 15.6. The number of nitrogens with one attached hydrogen (secondary N) is 4. The molecular weight excluding hydrogens is 563 g/mol. The Bertz CT molecular complexity index is 1320. The molecule has 0 unspecified atom stereocenters. The van der Waals surface area contributed by atoms with Gasteiger partial charge in [-0.3, -0.25) is 23.9 Å². The Balaban J connectivity index is 1.51. The summed E-state index contributed by atoms with van der Waals surface area (Å²) in [4.78, 5) is 52.3. The molecule has 2 saturated carbocycles. The Morgan fingerprint density at radius 1 is 0.909 bits per heavy atom. The van der Waals surface area contributed by atoms with Crippen LogP contribution in [0.25, 0.3) is 0 Å². The topological polar surface area (TPSA) is 134 Å². The molecule has 4 amide bonds. The van der Waals surface area contributed by atoms with Crippen LogP contribution in [0.1, 0.15) is 107 Å². The van der Waals surface area contributed by atoms with Gasteiger partial charge >= 0.3 is 0 Å². The fourth-order valence-electron chi connectivity index (χ4n) is 6.07. The lowest BCUT2D eigenvalue weighted by molar-refractivity contribution is -0.129. The average Bonchev–Trinajstić information content (AvgIpc) is 3.81. The number of nitrogens with zero attached hydrogens (tertiary/aromatic N) is 2. The predicted octanol–water partition coefficient (Wildman–Crippen LogP) is 4.66. The molecule has 0 bridgehead atoms. The number of aromatic nitrogens is 2. The Kier molecular flexibility index (Phi) is 11.5. The lowest BCUT2D eigenvalue weighted by atomic mass is 9.90. The summed E-state index contributed by atoms with van der Waals surface area (Å²) in [6.07, 6.45) is 9.54. The van der Waals surface area contributed by atoms with Crippen molar-refractivity contribution in [3.8, 4) is 0 Å². The van der Waals surface area contributed by atoms with Crippen molar-refractivity contribution in [2.45, 2.75) is 116 Å². The van der Waals surface area contributed by atoms with Crippen molar-refractivity contribution in [1.82, 2.24) is 25.7 Å². The molecule has 0 saturated heterocycles. The zero-order valence-corrected chi connectivity index (χ0v) is 26.3. The molecule has 0 aliphatic heterocycles. The van der Waals surface area contributed by atoms with Gasteiger partial charge in [-0.1, -0.05) is 45.6 Å². The van der Waals surface area contributed by atoms with Crippen LogP contribution in [0.2, 0.25) is 0 Å². The minimum Gasteiger partial charge on any atom is -0.352 e. The monoisotopic (exact) mass is 610 g/mol. The zero-order chi connectivity index (χ0) is 31.8. The zero-order valence-electron chi connectivity index (χ0n) is 26.3. The van der Waals surface area contributed by atoms with E-state index in [0.29, 0.717) is 23.7 Å². The molecule has 1 heterocycles. The number of halogens is 1. The first-order valence-electron chi connectivity index (χ1n) is 16.2. The van der Waals surface area contributed by atoms with E-state index < -0.39 is 35.6 Å². The molecule has 2 aromatic rings. The number of hydrogen-bond donors (Lipinski definition) is 4. The van der Waals surface area contributed by atoms with Crippen molar-refractivity contribution in [3.63, 3.8) is 0 Å². The van der Waals surface area contributed by atoms with E-state index in [1.54, 1.807) is 36.9 Å². The van der Waals surface area contributed by atoms with Gasteiger partial charge in [-0.25, -0.2) is 4.39 Å². The van der Waals surface area contributed by atoms with Crippen molar-refractivity contribution in [3.05, 3.63) is 47.5 Å². The van der Waals surface area contributed by atoms with Crippen LogP contribution < -0.4 is 21.3 Å². The van der Waals surface area contributed by atoms with Crippen LogP contribution in [0, 0.1) is 17.7 Å². The number of rotatable bonds is 13. The molecule has 11 heteroatoms. The van der Waals surface area contributed by atoms with E-state index in [4.69, 9.17) is 0 Å². The van der Waals surface area contributed by atoms with Gasteiger partial charge in [-0.05, 0) is 75.1 Å². The summed E-state index contributed by atoms with van der Waals surface area (Å²) in [6, 6.07) is 4.31. The van der Waals surface area contributed by atoms with E-state index in [1.165, 1.54) is 12.1 Å². The van der Waals surface area contributed by atoms with Gasteiger partial charge in [-0.2, -0.15) is 5.10 Å². The highest BCUT2D eigenvalue weighted by Gasteiger charge is 2.35. The molecule has 44 heavy (non-hydrogen) atoms. The van der Waals surface area contributed by atoms with Crippen LogP contribution in [0.3, 0.4) is 0 Å². The van der Waals surface area contributed by atoms with Gasteiger partial charge in [-0.15, -0.1) is 0 Å². The first-order chi connectivity index (χ1) is 21.1. The molecule has 4 atom stereocenters. The van der Waals surface area contributed by atoms with Crippen LogP contribution >= 0.6 is 0 Å². The molecule has 4 rings (SSSR count). The largest absolute Gasteiger partial charge is 0.352 e. The number of carbonyl (C=O) groups excluding carboxylic acids is 4. The van der Waals surface area contributed by atoms with Crippen molar-refractivity contribution in [2.24, 2.45) is 11.8 Å². The Hall–Kier alpha value is -3.76. The highest BCUT2D eigenvalue weighted by atomic mass is 19.1.